The van der Waals surface area contributed by atoms with Crippen LogP contribution in [0, 0.1) is 0 Å². The molecule has 1 aromatic heterocycles. The molecule has 0 fully saturated rings. The second-order valence-corrected chi connectivity index (χ2v) is 5.45. The Morgan fingerprint density at radius 2 is 2.12 bits per heavy atom. The molecule has 0 N–H and O–H groups in total. The van der Waals surface area contributed by atoms with Crippen molar-refractivity contribution >= 4 is 38.6 Å². The molecular formula is C11H13BrClN3. The summed E-state index contributed by atoms with van der Waals surface area (Å²) in [5, 5.41) is 1.87. The van der Waals surface area contributed by atoms with Crippen LogP contribution in [-0.2, 0) is 0 Å². The maximum atomic E-state index is 6.14. The van der Waals surface area contributed by atoms with Gasteiger partial charge < -0.3 is 5.01 Å². The lowest BCUT2D eigenvalue weighted by molar-refractivity contribution is 0.694. The topological polar surface area (TPSA) is 21.1 Å². The molecule has 0 aliphatic carbocycles. The number of nitrogens with zero attached hydrogens (tertiary/aromatic N) is 3. The van der Waals surface area contributed by atoms with Crippen LogP contribution in [0.3, 0.4) is 0 Å². The van der Waals surface area contributed by atoms with E-state index in [1.165, 1.54) is 0 Å². The molecule has 0 bridgehead atoms. The Morgan fingerprint density at radius 1 is 1.44 bits per heavy atom. The van der Waals surface area contributed by atoms with Gasteiger partial charge in [0, 0.05) is 18.6 Å². The highest BCUT2D eigenvalue weighted by atomic mass is 79.9. The van der Waals surface area contributed by atoms with Gasteiger partial charge in [-0.3, -0.25) is 0 Å². The summed E-state index contributed by atoms with van der Waals surface area (Å²) in [5.74, 6) is 0.861. The molecule has 16 heavy (non-hydrogen) atoms. The molecule has 3 nitrogen and oxygen atoms in total. The lowest BCUT2D eigenvalue weighted by Crippen LogP contribution is -2.27. The van der Waals surface area contributed by atoms with E-state index in [2.05, 4.69) is 20.9 Å². The molecular weight excluding hydrogens is 289 g/mol. The summed E-state index contributed by atoms with van der Waals surface area (Å²) >= 11 is 9.61. The average Bonchev–Trinajstić information content (AvgIpc) is 2.55. The van der Waals surface area contributed by atoms with E-state index in [0.717, 1.165) is 21.3 Å². The van der Waals surface area contributed by atoms with E-state index in [1.807, 2.05) is 48.9 Å². The van der Waals surface area contributed by atoms with Crippen LogP contribution in [0.4, 0.5) is 0 Å². The summed E-state index contributed by atoms with van der Waals surface area (Å²) in [4.78, 5) is 4.54. The lowest BCUT2D eigenvalue weighted by Gasteiger charge is -2.19. The van der Waals surface area contributed by atoms with Gasteiger partial charge in [-0.05, 0) is 25.1 Å². The van der Waals surface area contributed by atoms with Gasteiger partial charge in [-0.2, -0.15) is 0 Å². The van der Waals surface area contributed by atoms with E-state index in [0.29, 0.717) is 0 Å². The van der Waals surface area contributed by atoms with Crippen LogP contribution >= 0.6 is 27.5 Å². The molecule has 0 aliphatic heterocycles. The van der Waals surface area contributed by atoms with Crippen LogP contribution in [0.5, 0.6) is 0 Å². The maximum absolute atomic E-state index is 6.14. The van der Waals surface area contributed by atoms with Gasteiger partial charge in [-0.1, -0.05) is 15.9 Å². The normalized spacial score (nSPS) is 13.1. The number of halogens is 2. The van der Waals surface area contributed by atoms with E-state index in [-0.39, 0.29) is 5.38 Å². The van der Waals surface area contributed by atoms with Gasteiger partial charge in [0.25, 0.3) is 0 Å². The van der Waals surface area contributed by atoms with Crippen molar-refractivity contribution in [3.63, 3.8) is 0 Å². The molecule has 0 amide bonds. The minimum Gasteiger partial charge on any atom is -0.317 e. The zero-order valence-electron chi connectivity index (χ0n) is 9.41. The van der Waals surface area contributed by atoms with Gasteiger partial charge >= 0.3 is 0 Å². The smallest absolute Gasteiger partial charge is 0.146 e. The van der Waals surface area contributed by atoms with Crippen LogP contribution in [0.1, 0.15) is 18.1 Å². The number of benzene rings is 1. The number of fused-ring (bicyclic) bond motifs is 1. The molecule has 5 heteroatoms. The third-order valence-electron chi connectivity index (χ3n) is 2.37. The molecule has 1 aromatic carbocycles. The Morgan fingerprint density at radius 3 is 2.69 bits per heavy atom. The minimum absolute atomic E-state index is 0.117. The standard InChI is InChI=1S/C11H13BrClN3/c1-7(13)11-14-9-5-4-8(12)6-10(9)16(11)15(2)3/h4-7H,1-3H3. The Kier molecular flexibility index (Phi) is 3.13. The first-order valence-corrected chi connectivity index (χ1v) is 6.23. The van der Waals surface area contributed by atoms with Crippen molar-refractivity contribution in [3.05, 3.63) is 28.5 Å². The summed E-state index contributed by atoms with van der Waals surface area (Å²) in [6.45, 7) is 1.93. The number of imidazole rings is 1. The first-order chi connectivity index (χ1) is 7.50. The van der Waals surface area contributed by atoms with Crippen LogP contribution in [0.15, 0.2) is 22.7 Å². The zero-order chi connectivity index (χ0) is 11.9. The van der Waals surface area contributed by atoms with Gasteiger partial charge in [0.2, 0.25) is 0 Å². The molecule has 0 spiro atoms. The number of hydrogen-bond donors (Lipinski definition) is 0. The molecule has 0 saturated heterocycles. The number of hydrogen-bond acceptors (Lipinski definition) is 2. The van der Waals surface area contributed by atoms with Gasteiger partial charge in [-0.25, -0.2) is 9.66 Å². The Bertz CT molecular complexity index is 519. The monoisotopic (exact) mass is 301 g/mol. The molecule has 1 unspecified atom stereocenters. The second-order valence-electron chi connectivity index (χ2n) is 3.88. The molecule has 2 rings (SSSR count). The van der Waals surface area contributed by atoms with Crippen molar-refractivity contribution in [1.82, 2.24) is 9.66 Å². The highest BCUT2D eigenvalue weighted by molar-refractivity contribution is 9.10. The Balaban J connectivity index is 2.77. The first kappa shape index (κ1) is 11.7. The SMILES string of the molecule is CC(Cl)c1nc2ccc(Br)cc2n1N(C)C. The fourth-order valence-electron chi connectivity index (χ4n) is 1.73. The van der Waals surface area contributed by atoms with Crippen molar-refractivity contribution in [2.24, 2.45) is 0 Å². The van der Waals surface area contributed by atoms with E-state index in [9.17, 15) is 0 Å². The number of alkyl halides is 1. The molecule has 1 atom stereocenters. The zero-order valence-corrected chi connectivity index (χ0v) is 11.7. The predicted molar refractivity (Wildman–Crippen MR) is 71.8 cm³/mol. The van der Waals surface area contributed by atoms with Gasteiger partial charge in [-0.15, -0.1) is 11.6 Å². The predicted octanol–water partition coefficient (Wildman–Crippen LogP) is 3.30. The van der Waals surface area contributed by atoms with E-state index >= 15 is 0 Å². The Hall–Kier alpha value is -0.740. The van der Waals surface area contributed by atoms with Crippen molar-refractivity contribution < 1.29 is 0 Å². The van der Waals surface area contributed by atoms with Crippen LogP contribution < -0.4 is 5.01 Å². The molecule has 86 valence electrons. The Labute approximate surface area is 108 Å². The van der Waals surface area contributed by atoms with Crippen molar-refractivity contribution in [1.29, 1.82) is 0 Å². The first-order valence-electron chi connectivity index (χ1n) is 5.00. The van der Waals surface area contributed by atoms with E-state index in [4.69, 9.17) is 11.6 Å². The van der Waals surface area contributed by atoms with Crippen LogP contribution in [0.25, 0.3) is 11.0 Å². The van der Waals surface area contributed by atoms with Crippen LogP contribution in [0.2, 0.25) is 0 Å². The highest BCUT2D eigenvalue weighted by Crippen LogP contribution is 2.26. The molecule has 1 heterocycles. The summed E-state index contributed by atoms with van der Waals surface area (Å²) in [5.41, 5.74) is 2.02. The van der Waals surface area contributed by atoms with Gasteiger partial charge in [0.1, 0.15) is 5.82 Å². The average molecular weight is 303 g/mol. The fourth-order valence-corrected chi connectivity index (χ4v) is 2.22. The second kappa shape index (κ2) is 4.26. The third kappa shape index (κ3) is 1.92. The summed E-state index contributed by atoms with van der Waals surface area (Å²) in [6, 6.07) is 6.02. The van der Waals surface area contributed by atoms with E-state index < -0.39 is 0 Å². The molecule has 0 radical (unpaired) electrons. The van der Waals surface area contributed by atoms with E-state index in [1.54, 1.807) is 0 Å². The molecule has 2 aromatic rings. The van der Waals surface area contributed by atoms with Gasteiger partial charge in [0.15, 0.2) is 0 Å². The largest absolute Gasteiger partial charge is 0.317 e. The quantitative estimate of drug-likeness (QED) is 0.794. The lowest BCUT2D eigenvalue weighted by atomic mass is 10.3. The van der Waals surface area contributed by atoms with Crippen LogP contribution in [-0.4, -0.2) is 23.8 Å². The summed E-state index contributed by atoms with van der Waals surface area (Å²) in [7, 11) is 3.95. The van der Waals surface area contributed by atoms with Crippen molar-refractivity contribution in [2.75, 3.05) is 19.1 Å². The summed E-state index contributed by atoms with van der Waals surface area (Å²) in [6.07, 6.45) is 0. The van der Waals surface area contributed by atoms with Crippen molar-refractivity contribution in [2.45, 2.75) is 12.3 Å². The van der Waals surface area contributed by atoms with Crippen molar-refractivity contribution in [3.8, 4) is 0 Å². The maximum Gasteiger partial charge on any atom is 0.146 e. The summed E-state index contributed by atoms with van der Waals surface area (Å²) < 4.78 is 3.06. The third-order valence-corrected chi connectivity index (χ3v) is 3.06. The minimum atomic E-state index is -0.117. The number of aromatic nitrogens is 2. The fraction of sp³-hybridized carbons (Fsp3) is 0.364. The van der Waals surface area contributed by atoms with Gasteiger partial charge in [0.05, 0.1) is 16.4 Å². The molecule has 0 saturated carbocycles. The highest BCUT2D eigenvalue weighted by Gasteiger charge is 2.16. The molecule has 0 aliphatic rings. The number of rotatable bonds is 2.